The summed E-state index contributed by atoms with van der Waals surface area (Å²) >= 11 is 0. The van der Waals surface area contributed by atoms with Gasteiger partial charge in [0.1, 0.15) is 5.69 Å². The van der Waals surface area contributed by atoms with Gasteiger partial charge in [0.15, 0.2) is 0 Å². The number of fused-ring (bicyclic) bond motifs is 1. The molecule has 1 fully saturated rings. The van der Waals surface area contributed by atoms with Crippen molar-refractivity contribution in [3.8, 4) is 0 Å². The third-order valence-corrected chi connectivity index (χ3v) is 4.64. The van der Waals surface area contributed by atoms with Gasteiger partial charge in [0.05, 0.1) is 0 Å². The average molecular weight is 312 g/mol. The first kappa shape index (κ1) is 15.8. The van der Waals surface area contributed by atoms with E-state index in [-0.39, 0.29) is 17.5 Å². The van der Waals surface area contributed by atoms with Crippen LogP contribution < -0.4 is 10.9 Å². The zero-order valence-electron chi connectivity index (χ0n) is 13.9. The molecule has 1 aromatic heterocycles. The first-order valence-corrected chi connectivity index (χ1v) is 8.55. The Kier molecular flexibility index (Phi) is 4.51. The summed E-state index contributed by atoms with van der Waals surface area (Å²) in [6.45, 7) is 4.56. The smallest absolute Gasteiger partial charge is 0.268 e. The number of aryl methyl sites for hydroxylation is 1. The Labute approximate surface area is 136 Å². The number of hydrogen-bond donors (Lipinski definition) is 1. The van der Waals surface area contributed by atoms with Crippen LogP contribution in [0.5, 0.6) is 0 Å². The number of rotatable bonds is 4. The average Bonchev–Trinajstić information content (AvgIpc) is 3.03. The number of aromatic nitrogens is 1. The minimum atomic E-state index is -0.120. The Morgan fingerprint density at radius 3 is 2.70 bits per heavy atom. The number of carbonyl (C=O) groups is 1. The number of nitrogens with one attached hydrogen (secondary N) is 1. The van der Waals surface area contributed by atoms with Crippen molar-refractivity contribution in [2.45, 2.75) is 58.5 Å². The number of amides is 1. The maximum Gasteiger partial charge on any atom is 0.268 e. The van der Waals surface area contributed by atoms with Crippen LogP contribution in [0.3, 0.4) is 0 Å². The number of nitrogens with zero attached hydrogens (tertiary/aromatic N) is 1. The van der Waals surface area contributed by atoms with Gasteiger partial charge in [0.2, 0.25) is 0 Å². The maximum atomic E-state index is 12.8. The molecule has 23 heavy (non-hydrogen) atoms. The van der Waals surface area contributed by atoms with Gasteiger partial charge in [0, 0.05) is 18.0 Å². The van der Waals surface area contributed by atoms with Crippen LogP contribution in [-0.4, -0.2) is 16.5 Å². The van der Waals surface area contributed by atoms with Gasteiger partial charge in [-0.2, -0.15) is 0 Å². The van der Waals surface area contributed by atoms with Crippen molar-refractivity contribution in [3.63, 3.8) is 0 Å². The molecule has 0 saturated heterocycles. The fourth-order valence-corrected chi connectivity index (χ4v) is 3.42. The van der Waals surface area contributed by atoms with Gasteiger partial charge < -0.3 is 9.88 Å². The van der Waals surface area contributed by atoms with Gasteiger partial charge in [-0.05, 0) is 43.7 Å². The van der Waals surface area contributed by atoms with Crippen molar-refractivity contribution in [2.24, 2.45) is 0 Å². The standard InChI is InChI=1S/C19H24N2O2/c1-3-10-21-17(18(22)20-15-6-4-5-7-15)12-14-9-8-13(2)11-16(14)19(21)23/h8-9,11-12,15H,3-7,10H2,1-2H3,(H,20,22). The molecule has 0 unspecified atom stereocenters. The summed E-state index contributed by atoms with van der Waals surface area (Å²) in [5.41, 5.74) is 1.48. The molecule has 1 aliphatic rings. The predicted octanol–water partition coefficient (Wildman–Crippen LogP) is 3.39. The topological polar surface area (TPSA) is 51.1 Å². The summed E-state index contributed by atoms with van der Waals surface area (Å²) in [6, 6.07) is 7.92. The van der Waals surface area contributed by atoms with Gasteiger partial charge in [0.25, 0.3) is 11.5 Å². The Morgan fingerprint density at radius 1 is 1.26 bits per heavy atom. The van der Waals surface area contributed by atoms with Crippen LogP contribution in [0.2, 0.25) is 0 Å². The first-order valence-electron chi connectivity index (χ1n) is 8.55. The molecule has 1 heterocycles. The highest BCUT2D eigenvalue weighted by Crippen LogP contribution is 2.19. The molecule has 0 radical (unpaired) electrons. The molecule has 3 rings (SSSR count). The van der Waals surface area contributed by atoms with E-state index in [0.717, 1.165) is 30.2 Å². The van der Waals surface area contributed by atoms with E-state index in [1.165, 1.54) is 12.8 Å². The molecule has 1 aromatic carbocycles. The lowest BCUT2D eigenvalue weighted by Crippen LogP contribution is -2.37. The third kappa shape index (κ3) is 3.16. The number of hydrogen-bond acceptors (Lipinski definition) is 2. The Hall–Kier alpha value is -2.10. The number of carbonyl (C=O) groups excluding carboxylic acids is 1. The van der Waals surface area contributed by atoms with Crippen LogP contribution in [0.25, 0.3) is 10.8 Å². The van der Waals surface area contributed by atoms with Gasteiger partial charge in [-0.25, -0.2) is 0 Å². The van der Waals surface area contributed by atoms with Crippen molar-refractivity contribution >= 4 is 16.7 Å². The zero-order valence-corrected chi connectivity index (χ0v) is 13.9. The van der Waals surface area contributed by atoms with Crippen LogP contribution >= 0.6 is 0 Å². The normalized spacial score (nSPS) is 15.2. The lowest BCUT2D eigenvalue weighted by Gasteiger charge is -2.17. The van der Waals surface area contributed by atoms with Crippen molar-refractivity contribution in [2.75, 3.05) is 0 Å². The molecule has 4 heteroatoms. The first-order chi connectivity index (χ1) is 11.1. The predicted molar refractivity (Wildman–Crippen MR) is 93.0 cm³/mol. The zero-order chi connectivity index (χ0) is 16.4. The quantitative estimate of drug-likeness (QED) is 0.941. The molecule has 1 aliphatic carbocycles. The number of benzene rings is 1. The summed E-state index contributed by atoms with van der Waals surface area (Å²) < 4.78 is 1.63. The lowest BCUT2D eigenvalue weighted by atomic mass is 10.1. The number of pyridine rings is 1. The second-order valence-electron chi connectivity index (χ2n) is 6.53. The van der Waals surface area contributed by atoms with Gasteiger partial charge >= 0.3 is 0 Å². The highest BCUT2D eigenvalue weighted by molar-refractivity contribution is 5.97. The molecular weight excluding hydrogens is 288 g/mol. The van der Waals surface area contributed by atoms with E-state index in [9.17, 15) is 9.59 Å². The van der Waals surface area contributed by atoms with Crippen molar-refractivity contribution < 1.29 is 4.79 Å². The largest absolute Gasteiger partial charge is 0.348 e. The van der Waals surface area contributed by atoms with Crippen LogP contribution in [-0.2, 0) is 6.54 Å². The van der Waals surface area contributed by atoms with Crippen LogP contribution in [0.1, 0.15) is 55.1 Å². The Balaban J connectivity index is 2.06. The second-order valence-corrected chi connectivity index (χ2v) is 6.53. The molecule has 2 aromatic rings. The molecule has 1 N–H and O–H groups in total. The Bertz CT molecular complexity index is 786. The minimum absolute atomic E-state index is 0.0652. The van der Waals surface area contributed by atoms with Crippen molar-refractivity contribution in [1.29, 1.82) is 0 Å². The molecule has 122 valence electrons. The molecule has 0 bridgehead atoms. The molecule has 4 nitrogen and oxygen atoms in total. The summed E-state index contributed by atoms with van der Waals surface area (Å²) in [6.07, 6.45) is 5.24. The third-order valence-electron chi connectivity index (χ3n) is 4.64. The SMILES string of the molecule is CCCn1c(C(=O)NC2CCCC2)cc2ccc(C)cc2c1=O. The lowest BCUT2D eigenvalue weighted by molar-refractivity contribution is 0.0927. The molecule has 0 spiro atoms. The van der Waals surface area contributed by atoms with Crippen molar-refractivity contribution in [3.05, 3.63) is 45.9 Å². The highest BCUT2D eigenvalue weighted by atomic mass is 16.2. The van der Waals surface area contributed by atoms with E-state index in [4.69, 9.17) is 0 Å². The summed E-state index contributed by atoms with van der Waals surface area (Å²) in [5.74, 6) is -0.120. The van der Waals surface area contributed by atoms with Crippen LogP contribution in [0.15, 0.2) is 29.1 Å². The highest BCUT2D eigenvalue weighted by Gasteiger charge is 2.21. The van der Waals surface area contributed by atoms with Crippen LogP contribution in [0.4, 0.5) is 0 Å². The van der Waals surface area contributed by atoms with E-state index in [1.807, 2.05) is 38.1 Å². The van der Waals surface area contributed by atoms with E-state index in [0.29, 0.717) is 17.6 Å². The molecule has 0 aliphatic heterocycles. The van der Waals surface area contributed by atoms with Crippen LogP contribution in [0, 0.1) is 6.92 Å². The molecule has 1 amide bonds. The molecule has 1 saturated carbocycles. The monoisotopic (exact) mass is 312 g/mol. The molecular formula is C19H24N2O2. The Morgan fingerprint density at radius 2 is 2.00 bits per heavy atom. The fourth-order valence-electron chi connectivity index (χ4n) is 3.42. The summed E-state index contributed by atoms with van der Waals surface area (Å²) in [5, 5.41) is 4.63. The second kappa shape index (κ2) is 6.57. The summed E-state index contributed by atoms with van der Waals surface area (Å²) in [4.78, 5) is 25.5. The van der Waals surface area contributed by atoms with Gasteiger partial charge in [-0.3, -0.25) is 9.59 Å². The van der Waals surface area contributed by atoms with Crippen molar-refractivity contribution in [1.82, 2.24) is 9.88 Å². The van der Waals surface area contributed by atoms with Gasteiger partial charge in [-0.1, -0.05) is 37.5 Å². The molecule has 0 atom stereocenters. The fraction of sp³-hybridized carbons (Fsp3) is 0.474. The van der Waals surface area contributed by atoms with E-state index in [2.05, 4.69) is 5.32 Å². The van der Waals surface area contributed by atoms with E-state index >= 15 is 0 Å². The van der Waals surface area contributed by atoms with Gasteiger partial charge in [-0.15, -0.1) is 0 Å². The minimum Gasteiger partial charge on any atom is -0.348 e. The summed E-state index contributed by atoms with van der Waals surface area (Å²) in [7, 11) is 0. The van der Waals surface area contributed by atoms with E-state index in [1.54, 1.807) is 4.57 Å². The van der Waals surface area contributed by atoms with E-state index < -0.39 is 0 Å². The maximum absolute atomic E-state index is 12.8.